The molecule has 0 aliphatic carbocycles. The molecule has 2 aromatic rings. The SMILES string of the molecule is Cc1cc(C)c(S(=O)(=O)N(CC(=O)NO)c2cccc([N+](=O)[O-])c2)c(C)c1. The first-order valence-electron chi connectivity index (χ1n) is 7.86. The third-order valence-corrected chi connectivity index (χ3v) is 5.97. The number of hydroxylamine groups is 1. The van der Waals surface area contributed by atoms with E-state index in [2.05, 4.69) is 0 Å². The first-order chi connectivity index (χ1) is 12.6. The van der Waals surface area contributed by atoms with Crippen LogP contribution < -0.4 is 9.79 Å². The summed E-state index contributed by atoms with van der Waals surface area (Å²) in [7, 11) is -4.24. The zero-order valence-corrected chi connectivity index (χ0v) is 15.8. The number of non-ortho nitro benzene ring substituents is 1. The lowest BCUT2D eigenvalue weighted by Gasteiger charge is -2.25. The Labute approximate surface area is 156 Å². The van der Waals surface area contributed by atoms with Crippen LogP contribution >= 0.6 is 0 Å². The molecule has 0 bridgehead atoms. The monoisotopic (exact) mass is 393 g/mol. The lowest BCUT2D eigenvalue weighted by Crippen LogP contribution is -2.40. The van der Waals surface area contributed by atoms with Crippen LogP contribution in [0.25, 0.3) is 0 Å². The fourth-order valence-electron chi connectivity index (χ4n) is 2.93. The predicted molar refractivity (Wildman–Crippen MR) is 98.2 cm³/mol. The van der Waals surface area contributed by atoms with Gasteiger partial charge in [-0.25, -0.2) is 13.9 Å². The Morgan fingerprint density at radius 1 is 1.19 bits per heavy atom. The average Bonchev–Trinajstić information content (AvgIpc) is 2.58. The van der Waals surface area contributed by atoms with E-state index < -0.39 is 27.4 Å². The number of amides is 1. The number of anilines is 1. The van der Waals surface area contributed by atoms with E-state index in [1.165, 1.54) is 23.7 Å². The number of carbonyl (C=O) groups excluding carboxylic acids is 1. The van der Waals surface area contributed by atoms with Crippen molar-refractivity contribution in [3.63, 3.8) is 0 Å². The van der Waals surface area contributed by atoms with Crippen molar-refractivity contribution in [3.8, 4) is 0 Å². The highest BCUT2D eigenvalue weighted by Gasteiger charge is 2.31. The molecule has 0 spiro atoms. The first-order valence-corrected chi connectivity index (χ1v) is 9.30. The van der Waals surface area contributed by atoms with Gasteiger partial charge < -0.3 is 0 Å². The minimum Gasteiger partial charge on any atom is -0.289 e. The maximum Gasteiger partial charge on any atom is 0.271 e. The van der Waals surface area contributed by atoms with Crippen molar-refractivity contribution in [2.45, 2.75) is 25.7 Å². The molecule has 0 radical (unpaired) electrons. The third kappa shape index (κ3) is 4.23. The molecule has 144 valence electrons. The van der Waals surface area contributed by atoms with E-state index in [1.54, 1.807) is 26.0 Å². The van der Waals surface area contributed by atoms with Crippen LogP contribution in [0.5, 0.6) is 0 Å². The summed E-state index contributed by atoms with van der Waals surface area (Å²) in [6.07, 6.45) is 0. The first kappa shape index (κ1) is 20.3. The molecule has 1 amide bonds. The summed E-state index contributed by atoms with van der Waals surface area (Å²) >= 11 is 0. The Kier molecular flexibility index (Phi) is 5.82. The molecular weight excluding hydrogens is 374 g/mol. The zero-order chi connectivity index (χ0) is 20.4. The highest BCUT2D eigenvalue weighted by molar-refractivity contribution is 7.93. The van der Waals surface area contributed by atoms with Gasteiger partial charge >= 0.3 is 0 Å². The number of sulfonamides is 1. The van der Waals surface area contributed by atoms with Gasteiger partial charge in [-0.05, 0) is 38.0 Å². The number of hydrogen-bond acceptors (Lipinski definition) is 6. The van der Waals surface area contributed by atoms with Gasteiger partial charge in [-0.2, -0.15) is 0 Å². The molecule has 27 heavy (non-hydrogen) atoms. The van der Waals surface area contributed by atoms with Gasteiger partial charge in [0.2, 0.25) is 0 Å². The van der Waals surface area contributed by atoms with Crippen molar-refractivity contribution in [1.29, 1.82) is 0 Å². The van der Waals surface area contributed by atoms with Crippen LogP contribution in [0.3, 0.4) is 0 Å². The summed E-state index contributed by atoms with van der Waals surface area (Å²) in [6, 6.07) is 8.31. The summed E-state index contributed by atoms with van der Waals surface area (Å²) in [5.41, 5.74) is 2.83. The third-order valence-electron chi connectivity index (χ3n) is 3.89. The standard InChI is InChI=1S/C17H19N3O6S/c1-11-7-12(2)17(13(3)8-11)27(25,26)19(10-16(21)18-22)14-5-4-6-15(9-14)20(23)24/h4-9,22H,10H2,1-3H3,(H,18,21). The largest absolute Gasteiger partial charge is 0.289 e. The smallest absolute Gasteiger partial charge is 0.271 e. The highest BCUT2D eigenvalue weighted by atomic mass is 32.2. The van der Waals surface area contributed by atoms with Crippen LogP contribution in [0.2, 0.25) is 0 Å². The van der Waals surface area contributed by atoms with Crippen molar-refractivity contribution in [2.24, 2.45) is 0 Å². The molecule has 0 aliphatic heterocycles. The number of nitrogens with one attached hydrogen (secondary N) is 1. The minimum atomic E-state index is -4.24. The second-order valence-corrected chi connectivity index (χ2v) is 7.85. The van der Waals surface area contributed by atoms with Gasteiger partial charge in [0.05, 0.1) is 15.5 Å². The van der Waals surface area contributed by atoms with Crippen molar-refractivity contribution >= 4 is 27.3 Å². The quantitative estimate of drug-likeness (QED) is 0.440. The summed E-state index contributed by atoms with van der Waals surface area (Å²) in [5, 5.41) is 19.9. The van der Waals surface area contributed by atoms with Crippen molar-refractivity contribution in [1.82, 2.24) is 5.48 Å². The average molecular weight is 393 g/mol. The number of nitrogens with zero attached hydrogens (tertiary/aromatic N) is 2. The van der Waals surface area contributed by atoms with Crippen LogP contribution in [0.15, 0.2) is 41.3 Å². The fourth-order valence-corrected chi connectivity index (χ4v) is 4.76. The maximum atomic E-state index is 13.3. The van der Waals surface area contributed by atoms with Gasteiger partial charge in [0.1, 0.15) is 6.54 Å². The van der Waals surface area contributed by atoms with E-state index in [0.717, 1.165) is 15.9 Å². The van der Waals surface area contributed by atoms with E-state index >= 15 is 0 Å². The van der Waals surface area contributed by atoms with Crippen molar-refractivity contribution in [3.05, 3.63) is 63.2 Å². The number of rotatable bonds is 6. The summed E-state index contributed by atoms with van der Waals surface area (Å²) in [5.74, 6) is -0.979. The number of aryl methyl sites for hydroxylation is 3. The van der Waals surface area contributed by atoms with E-state index in [0.29, 0.717) is 11.1 Å². The topological polar surface area (TPSA) is 130 Å². The van der Waals surface area contributed by atoms with Crippen molar-refractivity contribution in [2.75, 3.05) is 10.8 Å². The van der Waals surface area contributed by atoms with Crippen LogP contribution in [-0.2, 0) is 14.8 Å². The Bertz CT molecular complexity index is 980. The summed E-state index contributed by atoms with van der Waals surface area (Å²) in [6.45, 7) is 4.34. The molecule has 2 aromatic carbocycles. The number of nitro benzene ring substituents is 1. The number of hydrogen-bond donors (Lipinski definition) is 2. The number of carbonyl (C=O) groups is 1. The van der Waals surface area contributed by atoms with Crippen LogP contribution in [-0.4, -0.2) is 31.0 Å². The fraction of sp³-hybridized carbons (Fsp3) is 0.235. The van der Waals surface area contributed by atoms with Gasteiger partial charge in [-0.1, -0.05) is 23.8 Å². The van der Waals surface area contributed by atoms with E-state index in [1.807, 2.05) is 6.92 Å². The van der Waals surface area contributed by atoms with Crippen LogP contribution in [0, 0.1) is 30.9 Å². The zero-order valence-electron chi connectivity index (χ0n) is 15.0. The lowest BCUT2D eigenvalue weighted by molar-refractivity contribution is -0.384. The molecule has 0 aliphatic rings. The molecule has 0 atom stereocenters. The Hall–Kier alpha value is -2.98. The second-order valence-electron chi connectivity index (χ2n) is 6.05. The van der Waals surface area contributed by atoms with Gasteiger partial charge in [-0.3, -0.25) is 24.4 Å². The Morgan fingerprint density at radius 2 is 1.78 bits per heavy atom. The lowest BCUT2D eigenvalue weighted by atomic mass is 10.1. The summed E-state index contributed by atoms with van der Waals surface area (Å²) < 4.78 is 27.4. The molecule has 10 heteroatoms. The molecular formula is C17H19N3O6S. The molecule has 2 rings (SSSR count). The van der Waals surface area contributed by atoms with Gasteiger partial charge in [0.25, 0.3) is 21.6 Å². The molecule has 0 fully saturated rings. The van der Waals surface area contributed by atoms with Gasteiger partial charge in [-0.15, -0.1) is 0 Å². The molecule has 0 unspecified atom stereocenters. The van der Waals surface area contributed by atoms with Crippen molar-refractivity contribution < 1.29 is 23.3 Å². The molecule has 0 saturated carbocycles. The molecule has 2 N–H and O–H groups in total. The van der Waals surface area contributed by atoms with Crippen LogP contribution in [0.1, 0.15) is 16.7 Å². The minimum absolute atomic E-state index is 0.00495. The van der Waals surface area contributed by atoms with Gasteiger partial charge in [0.15, 0.2) is 0 Å². The second kappa shape index (κ2) is 7.72. The molecule has 9 nitrogen and oxygen atoms in total. The summed E-state index contributed by atoms with van der Waals surface area (Å²) in [4.78, 5) is 22.1. The predicted octanol–water partition coefficient (Wildman–Crippen LogP) is 2.22. The van der Waals surface area contributed by atoms with E-state index in [4.69, 9.17) is 5.21 Å². The Balaban J connectivity index is 2.69. The normalized spacial score (nSPS) is 11.1. The van der Waals surface area contributed by atoms with Crippen LogP contribution in [0.4, 0.5) is 11.4 Å². The highest BCUT2D eigenvalue weighted by Crippen LogP contribution is 2.30. The van der Waals surface area contributed by atoms with E-state index in [9.17, 15) is 23.3 Å². The number of benzene rings is 2. The Morgan fingerprint density at radius 3 is 2.30 bits per heavy atom. The number of nitro groups is 1. The molecule has 0 heterocycles. The maximum absolute atomic E-state index is 13.3. The van der Waals surface area contributed by atoms with Gasteiger partial charge in [0, 0.05) is 12.1 Å². The molecule has 0 aromatic heterocycles. The van der Waals surface area contributed by atoms with E-state index in [-0.39, 0.29) is 16.3 Å². The molecule has 0 saturated heterocycles.